The number of furan rings is 1. The molecule has 1 saturated heterocycles. The van der Waals surface area contributed by atoms with Gasteiger partial charge in [0.1, 0.15) is 17.2 Å². The first-order chi connectivity index (χ1) is 11.7. The van der Waals surface area contributed by atoms with Gasteiger partial charge in [0, 0.05) is 25.2 Å². The van der Waals surface area contributed by atoms with E-state index < -0.39 is 28.4 Å². The number of hydrogen-bond acceptors (Lipinski definition) is 5. The van der Waals surface area contributed by atoms with E-state index in [1.54, 1.807) is 6.92 Å². The third kappa shape index (κ3) is 4.04. The molecule has 0 radical (unpaired) electrons. The van der Waals surface area contributed by atoms with Crippen LogP contribution in [0.3, 0.4) is 0 Å². The second-order valence-corrected chi connectivity index (χ2v) is 8.13. The highest BCUT2D eigenvalue weighted by Gasteiger charge is 2.33. The van der Waals surface area contributed by atoms with E-state index in [0.717, 1.165) is 12.8 Å². The first-order valence-corrected chi connectivity index (χ1v) is 9.75. The predicted molar refractivity (Wildman–Crippen MR) is 89.9 cm³/mol. The van der Waals surface area contributed by atoms with Gasteiger partial charge in [-0.3, -0.25) is 9.59 Å². The van der Waals surface area contributed by atoms with Crippen LogP contribution >= 0.6 is 0 Å². The second-order valence-electron chi connectivity index (χ2n) is 6.23. The van der Waals surface area contributed by atoms with Crippen LogP contribution in [0.15, 0.2) is 15.4 Å². The first-order valence-electron chi connectivity index (χ1n) is 8.31. The maximum Gasteiger partial charge on any atom is 0.323 e. The lowest BCUT2D eigenvalue weighted by atomic mass is 10.2. The number of rotatable bonds is 7. The molecule has 1 fully saturated rings. The summed E-state index contributed by atoms with van der Waals surface area (Å²) in [6.07, 6.45) is 2.18. The van der Waals surface area contributed by atoms with E-state index >= 15 is 0 Å². The van der Waals surface area contributed by atoms with Gasteiger partial charge in [0.05, 0.1) is 0 Å². The lowest BCUT2D eigenvalue weighted by Gasteiger charge is -2.25. The van der Waals surface area contributed by atoms with Gasteiger partial charge in [-0.05, 0) is 33.1 Å². The minimum atomic E-state index is -3.70. The van der Waals surface area contributed by atoms with Crippen LogP contribution in [0.25, 0.3) is 0 Å². The molecule has 0 aromatic carbocycles. The number of nitrogens with zero attached hydrogens (tertiary/aromatic N) is 2. The summed E-state index contributed by atoms with van der Waals surface area (Å²) in [6, 6.07) is 0.898. The highest BCUT2D eigenvalue weighted by Crippen LogP contribution is 2.27. The van der Waals surface area contributed by atoms with Gasteiger partial charge in [-0.2, -0.15) is 4.31 Å². The molecule has 1 aliphatic heterocycles. The number of hydrogen-bond donors (Lipinski definition) is 1. The molecule has 0 bridgehead atoms. The van der Waals surface area contributed by atoms with Crippen molar-refractivity contribution in [1.82, 2.24) is 9.21 Å². The fourth-order valence-corrected chi connectivity index (χ4v) is 4.51. The molecule has 140 valence electrons. The lowest BCUT2D eigenvalue weighted by molar-refractivity contribution is -0.138. The summed E-state index contributed by atoms with van der Waals surface area (Å²) in [5.74, 6) is -1.78. The van der Waals surface area contributed by atoms with Gasteiger partial charge in [0.25, 0.3) is 5.91 Å². The Hall–Kier alpha value is -1.87. The lowest BCUT2D eigenvalue weighted by Crippen LogP contribution is -2.41. The molecule has 0 spiro atoms. The molecule has 0 aliphatic carbocycles. The maximum absolute atomic E-state index is 12.7. The molecule has 1 unspecified atom stereocenters. The molecule has 1 aliphatic rings. The molecule has 1 aromatic heterocycles. The van der Waals surface area contributed by atoms with Gasteiger partial charge in [0.15, 0.2) is 5.76 Å². The minimum Gasteiger partial charge on any atom is -0.480 e. The molecule has 0 saturated carbocycles. The number of aliphatic carboxylic acids is 1. The van der Waals surface area contributed by atoms with Gasteiger partial charge < -0.3 is 14.4 Å². The SMILES string of the molecule is CCC(C)N(CC(=O)O)C(=O)c1cc(S(=O)(=O)N2CCCC2)c(C)o1. The third-order valence-electron chi connectivity index (χ3n) is 4.46. The van der Waals surface area contributed by atoms with Gasteiger partial charge in [0.2, 0.25) is 10.0 Å². The molecular formula is C16H24N2O6S. The van der Waals surface area contributed by atoms with E-state index in [9.17, 15) is 18.0 Å². The van der Waals surface area contributed by atoms with Crippen LogP contribution < -0.4 is 0 Å². The highest BCUT2D eigenvalue weighted by atomic mass is 32.2. The topological polar surface area (TPSA) is 108 Å². The Bertz CT molecular complexity index is 749. The van der Waals surface area contributed by atoms with E-state index in [-0.39, 0.29) is 22.5 Å². The molecule has 8 nitrogen and oxygen atoms in total. The Morgan fingerprint density at radius 1 is 1.36 bits per heavy atom. The molecular weight excluding hydrogens is 348 g/mol. The monoisotopic (exact) mass is 372 g/mol. The number of amides is 1. The van der Waals surface area contributed by atoms with Gasteiger partial charge in [-0.1, -0.05) is 6.92 Å². The normalized spacial score (nSPS) is 16.8. The Morgan fingerprint density at radius 3 is 2.48 bits per heavy atom. The number of carboxylic acid groups (broad SMARTS) is 1. The zero-order chi connectivity index (χ0) is 18.8. The van der Waals surface area contributed by atoms with E-state index in [2.05, 4.69) is 0 Å². The number of aryl methyl sites for hydroxylation is 1. The minimum absolute atomic E-state index is 0.0304. The summed E-state index contributed by atoms with van der Waals surface area (Å²) in [5.41, 5.74) is 0. The molecule has 1 N–H and O–H groups in total. The van der Waals surface area contributed by atoms with Gasteiger partial charge in [-0.25, -0.2) is 8.42 Å². The average Bonchev–Trinajstić information content (AvgIpc) is 3.21. The summed E-state index contributed by atoms with van der Waals surface area (Å²) < 4.78 is 32.1. The molecule has 1 amide bonds. The Morgan fingerprint density at radius 2 is 1.96 bits per heavy atom. The van der Waals surface area contributed by atoms with Crippen LogP contribution in [0.1, 0.15) is 49.4 Å². The molecule has 2 heterocycles. The molecule has 25 heavy (non-hydrogen) atoms. The van der Waals surface area contributed by atoms with Crippen molar-refractivity contribution in [2.24, 2.45) is 0 Å². The van der Waals surface area contributed by atoms with E-state index in [1.807, 2.05) is 6.92 Å². The van der Waals surface area contributed by atoms with Crippen molar-refractivity contribution in [2.75, 3.05) is 19.6 Å². The molecule has 1 aromatic rings. The second kappa shape index (κ2) is 7.57. The number of carbonyl (C=O) groups is 2. The zero-order valence-electron chi connectivity index (χ0n) is 14.7. The fraction of sp³-hybridized carbons (Fsp3) is 0.625. The summed E-state index contributed by atoms with van der Waals surface area (Å²) >= 11 is 0. The maximum atomic E-state index is 12.7. The van der Waals surface area contributed by atoms with E-state index in [0.29, 0.717) is 19.5 Å². The largest absolute Gasteiger partial charge is 0.480 e. The van der Waals surface area contributed by atoms with Crippen molar-refractivity contribution in [2.45, 2.75) is 51.0 Å². The first kappa shape index (κ1) is 19.5. The van der Waals surface area contributed by atoms with Crippen molar-refractivity contribution in [3.05, 3.63) is 17.6 Å². The van der Waals surface area contributed by atoms with E-state index in [1.165, 1.54) is 22.2 Å². The molecule has 9 heteroatoms. The Balaban J connectivity index is 2.34. The summed E-state index contributed by atoms with van der Waals surface area (Å²) in [7, 11) is -3.70. The van der Waals surface area contributed by atoms with Crippen molar-refractivity contribution < 1.29 is 27.5 Å². The van der Waals surface area contributed by atoms with Crippen LogP contribution in [0.2, 0.25) is 0 Å². The molecule has 1 atom stereocenters. The van der Waals surface area contributed by atoms with Crippen molar-refractivity contribution >= 4 is 21.9 Å². The zero-order valence-corrected chi connectivity index (χ0v) is 15.5. The molecule has 2 rings (SSSR count). The number of carbonyl (C=O) groups excluding carboxylic acids is 1. The summed E-state index contributed by atoms with van der Waals surface area (Å²) in [4.78, 5) is 24.8. The van der Waals surface area contributed by atoms with Crippen molar-refractivity contribution in [3.8, 4) is 0 Å². The quantitative estimate of drug-likeness (QED) is 0.780. The van der Waals surface area contributed by atoms with Gasteiger partial charge >= 0.3 is 5.97 Å². The van der Waals surface area contributed by atoms with Crippen LogP contribution in [0, 0.1) is 6.92 Å². The van der Waals surface area contributed by atoms with Crippen LogP contribution in [-0.4, -0.2) is 60.3 Å². The summed E-state index contributed by atoms with van der Waals surface area (Å²) in [6.45, 7) is 5.50. The number of sulfonamides is 1. The number of carboxylic acids is 1. The highest BCUT2D eigenvalue weighted by molar-refractivity contribution is 7.89. The Labute approximate surface area is 147 Å². The van der Waals surface area contributed by atoms with Crippen LogP contribution in [0.4, 0.5) is 0 Å². The van der Waals surface area contributed by atoms with Crippen molar-refractivity contribution in [1.29, 1.82) is 0 Å². The van der Waals surface area contributed by atoms with Crippen molar-refractivity contribution in [3.63, 3.8) is 0 Å². The third-order valence-corrected chi connectivity index (χ3v) is 6.46. The van der Waals surface area contributed by atoms with Crippen LogP contribution in [-0.2, 0) is 14.8 Å². The summed E-state index contributed by atoms with van der Waals surface area (Å²) in [5, 5.41) is 9.03. The van der Waals surface area contributed by atoms with E-state index in [4.69, 9.17) is 9.52 Å². The van der Waals surface area contributed by atoms with Crippen LogP contribution in [0.5, 0.6) is 0 Å². The smallest absolute Gasteiger partial charge is 0.323 e. The Kier molecular flexibility index (Phi) is 5.89. The standard InChI is InChI=1S/C16H24N2O6S/c1-4-11(2)18(10-15(19)20)16(21)13-9-14(12(3)24-13)25(22,23)17-7-5-6-8-17/h9,11H,4-8,10H2,1-3H3,(H,19,20). The predicted octanol–water partition coefficient (Wildman–Crippen LogP) is 1.70. The average molecular weight is 372 g/mol. The fourth-order valence-electron chi connectivity index (χ4n) is 2.83. The van der Waals surface area contributed by atoms with Gasteiger partial charge in [-0.15, -0.1) is 0 Å².